The summed E-state index contributed by atoms with van der Waals surface area (Å²) in [5, 5.41) is 8.42. The van der Waals surface area contributed by atoms with Crippen molar-refractivity contribution in [3.05, 3.63) is 64.6 Å². The number of aryl methyl sites for hydroxylation is 2. The molecule has 1 aromatic carbocycles. The summed E-state index contributed by atoms with van der Waals surface area (Å²) < 4.78 is 32.5. The monoisotopic (exact) mass is 388 g/mol. The van der Waals surface area contributed by atoms with Crippen LogP contribution in [-0.4, -0.2) is 43.4 Å². The van der Waals surface area contributed by atoms with E-state index in [0.717, 1.165) is 5.56 Å². The van der Waals surface area contributed by atoms with Gasteiger partial charge in [0, 0.05) is 32.9 Å². The molecule has 1 aliphatic heterocycles. The Labute approximate surface area is 156 Å². The zero-order valence-corrected chi connectivity index (χ0v) is 15.9. The van der Waals surface area contributed by atoms with Gasteiger partial charge in [-0.3, -0.25) is 9.25 Å². The van der Waals surface area contributed by atoms with Crippen molar-refractivity contribution in [2.24, 2.45) is 7.05 Å². The van der Waals surface area contributed by atoms with Crippen molar-refractivity contribution in [1.82, 2.24) is 28.4 Å². The Hall–Kier alpha value is -2.72. The van der Waals surface area contributed by atoms with Crippen molar-refractivity contribution >= 4 is 10.0 Å². The summed E-state index contributed by atoms with van der Waals surface area (Å²) in [5.41, 5.74) is 0.511. The molecule has 0 bridgehead atoms. The summed E-state index contributed by atoms with van der Waals surface area (Å²) in [5.74, 6) is 0.423. The van der Waals surface area contributed by atoms with E-state index in [9.17, 15) is 13.2 Å². The van der Waals surface area contributed by atoms with Crippen molar-refractivity contribution in [3.63, 3.8) is 0 Å². The Morgan fingerprint density at radius 3 is 2.59 bits per heavy atom. The summed E-state index contributed by atoms with van der Waals surface area (Å²) in [6.45, 7) is 2.91. The largest absolute Gasteiger partial charge is 0.345 e. The van der Waals surface area contributed by atoms with Gasteiger partial charge in [-0.05, 0) is 12.5 Å². The summed E-state index contributed by atoms with van der Waals surface area (Å²) in [4.78, 5) is 12.5. The Morgan fingerprint density at radius 1 is 1.19 bits per heavy atom. The van der Waals surface area contributed by atoms with Crippen molar-refractivity contribution in [3.8, 4) is 0 Å². The van der Waals surface area contributed by atoms with E-state index in [1.807, 2.05) is 37.3 Å². The third kappa shape index (κ3) is 2.81. The van der Waals surface area contributed by atoms with Crippen LogP contribution >= 0.6 is 0 Å². The molecule has 0 amide bonds. The molecule has 0 unspecified atom stereocenters. The van der Waals surface area contributed by atoms with E-state index in [4.69, 9.17) is 0 Å². The van der Waals surface area contributed by atoms with Crippen LogP contribution in [-0.2, 0) is 30.2 Å². The maximum Gasteiger partial charge on any atom is 0.345 e. The lowest BCUT2D eigenvalue weighted by Crippen LogP contribution is -2.44. The average molecular weight is 388 g/mol. The molecule has 0 spiro atoms. The number of nitrogens with zero attached hydrogens (tertiary/aromatic N) is 6. The van der Waals surface area contributed by atoms with E-state index >= 15 is 0 Å². The van der Waals surface area contributed by atoms with Crippen LogP contribution in [0.1, 0.15) is 24.4 Å². The molecular weight excluding hydrogens is 368 g/mol. The minimum atomic E-state index is -3.81. The number of aromatic nitrogens is 5. The molecule has 1 aliphatic rings. The zero-order chi connectivity index (χ0) is 19.2. The smallest absolute Gasteiger partial charge is 0.276 e. The van der Waals surface area contributed by atoms with Gasteiger partial charge < -0.3 is 0 Å². The van der Waals surface area contributed by atoms with Gasteiger partial charge in [0.05, 0.1) is 6.20 Å². The number of hydrogen-bond acceptors (Lipinski definition) is 5. The maximum atomic E-state index is 13.4. The van der Waals surface area contributed by atoms with E-state index in [-0.39, 0.29) is 23.7 Å². The molecule has 0 fully saturated rings. The van der Waals surface area contributed by atoms with Gasteiger partial charge in [-0.15, -0.1) is 0 Å². The molecule has 0 N–H and O–H groups in total. The predicted molar refractivity (Wildman–Crippen MR) is 97.5 cm³/mol. The average Bonchev–Trinajstić information content (AvgIpc) is 3.27. The third-order valence-electron chi connectivity index (χ3n) is 4.77. The van der Waals surface area contributed by atoms with Crippen LogP contribution in [0.2, 0.25) is 0 Å². The molecule has 27 heavy (non-hydrogen) atoms. The SMILES string of the molecule is CCn1cc(S(=O)(=O)N2CCn3c(nn(C)c3=O)[C@H]2c2ccccc2)cn1. The Balaban J connectivity index is 1.88. The van der Waals surface area contributed by atoms with Gasteiger partial charge in [0.2, 0.25) is 10.0 Å². The molecule has 2 aromatic heterocycles. The Kier molecular flexibility index (Phi) is 4.23. The molecule has 142 valence electrons. The second-order valence-corrected chi connectivity index (χ2v) is 8.27. The predicted octanol–water partition coefficient (Wildman–Crippen LogP) is 0.592. The van der Waals surface area contributed by atoms with Crippen LogP contribution in [0, 0.1) is 0 Å². The molecule has 0 aliphatic carbocycles. The Bertz CT molecular complexity index is 1130. The molecule has 9 nitrogen and oxygen atoms in total. The lowest BCUT2D eigenvalue weighted by molar-refractivity contribution is 0.289. The molecule has 4 rings (SSSR count). The molecule has 3 heterocycles. The molecule has 0 radical (unpaired) electrons. The van der Waals surface area contributed by atoms with Crippen molar-refractivity contribution in [2.75, 3.05) is 6.54 Å². The number of fused-ring (bicyclic) bond motifs is 1. The fourth-order valence-corrected chi connectivity index (χ4v) is 4.91. The fourth-order valence-electron chi connectivity index (χ4n) is 3.39. The minimum Gasteiger partial charge on any atom is -0.276 e. The molecular formula is C17H20N6O3S. The lowest BCUT2D eigenvalue weighted by Gasteiger charge is -2.34. The van der Waals surface area contributed by atoms with Gasteiger partial charge in [0.15, 0.2) is 5.82 Å². The van der Waals surface area contributed by atoms with Gasteiger partial charge in [-0.1, -0.05) is 30.3 Å². The summed E-state index contributed by atoms with van der Waals surface area (Å²) in [6, 6.07) is 8.56. The minimum absolute atomic E-state index is 0.136. The molecule has 3 aromatic rings. The van der Waals surface area contributed by atoms with E-state index in [0.29, 0.717) is 12.4 Å². The van der Waals surface area contributed by atoms with E-state index < -0.39 is 16.1 Å². The summed E-state index contributed by atoms with van der Waals surface area (Å²) in [7, 11) is -2.24. The van der Waals surface area contributed by atoms with E-state index in [1.165, 1.54) is 21.4 Å². The molecule has 0 saturated heterocycles. The van der Waals surface area contributed by atoms with Crippen LogP contribution in [0.15, 0.2) is 52.4 Å². The Morgan fingerprint density at radius 2 is 1.93 bits per heavy atom. The maximum absolute atomic E-state index is 13.4. The van der Waals surface area contributed by atoms with Crippen molar-refractivity contribution < 1.29 is 8.42 Å². The fraction of sp³-hybridized carbons (Fsp3) is 0.353. The van der Waals surface area contributed by atoms with Crippen LogP contribution < -0.4 is 5.69 Å². The van der Waals surface area contributed by atoms with Crippen LogP contribution in [0.4, 0.5) is 0 Å². The van der Waals surface area contributed by atoms with Crippen LogP contribution in [0.25, 0.3) is 0 Å². The zero-order valence-electron chi connectivity index (χ0n) is 15.1. The molecule has 10 heteroatoms. The van der Waals surface area contributed by atoms with Crippen molar-refractivity contribution in [2.45, 2.75) is 31.0 Å². The number of sulfonamides is 1. The van der Waals surface area contributed by atoms with Crippen LogP contribution in [0.3, 0.4) is 0 Å². The van der Waals surface area contributed by atoms with E-state index in [1.54, 1.807) is 16.3 Å². The summed E-state index contributed by atoms with van der Waals surface area (Å²) >= 11 is 0. The number of benzene rings is 1. The third-order valence-corrected chi connectivity index (χ3v) is 6.59. The van der Waals surface area contributed by atoms with E-state index in [2.05, 4.69) is 10.2 Å². The van der Waals surface area contributed by atoms with Gasteiger partial charge in [-0.25, -0.2) is 17.9 Å². The summed E-state index contributed by atoms with van der Waals surface area (Å²) in [6.07, 6.45) is 2.89. The highest BCUT2D eigenvalue weighted by Gasteiger charge is 2.40. The quantitative estimate of drug-likeness (QED) is 0.652. The standard InChI is InChI=1S/C17H20N6O3S/c1-3-21-12-14(11-18-21)27(25,26)23-10-9-22-16(19-20(2)17(22)24)15(23)13-7-5-4-6-8-13/h4-8,11-12,15H,3,9-10H2,1-2H3/t15-/m1/s1. The second kappa shape index (κ2) is 6.46. The van der Waals surface area contributed by atoms with Gasteiger partial charge >= 0.3 is 5.69 Å². The van der Waals surface area contributed by atoms with Gasteiger partial charge in [0.1, 0.15) is 10.9 Å². The molecule has 1 atom stereocenters. The number of rotatable bonds is 4. The first-order valence-electron chi connectivity index (χ1n) is 8.66. The second-order valence-electron chi connectivity index (χ2n) is 6.38. The highest BCUT2D eigenvalue weighted by Crippen LogP contribution is 2.34. The number of hydrogen-bond donors (Lipinski definition) is 0. The first-order chi connectivity index (χ1) is 12.9. The highest BCUT2D eigenvalue weighted by molar-refractivity contribution is 7.89. The normalized spacial score (nSPS) is 17.8. The molecule has 0 saturated carbocycles. The van der Waals surface area contributed by atoms with Crippen molar-refractivity contribution in [1.29, 1.82) is 0 Å². The highest BCUT2D eigenvalue weighted by atomic mass is 32.2. The van der Waals surface area contributed by atoms with Gasteiger partial charge in [-0.2, -0.15) is 14.5 Å². The first-order valence-corrected chi connectivity index (χ1v) is 10.1. The van der Waals surface area contributed by atoms with Crippen LogP contribution in [0.5, 0.6) is 0 Å². The lowest BCUT2D eigenvalue weighted by atomic mass is 10.1. The topological polar surface area (TPSA) is 95.0 Å². The van der Waals surface area contributed by atoms with Gasteiger partial charge in [0.25, 0.3) is 0 Å². The first kappa shape index (κ1) is 17.7.